The first kappa shape index (κ1) is 21.2. The maximum atomic E-state index is 12.8. The van der Waals surface area contributed by atoms with E-state index in [2.05, 4.69) is 5.32 Å². The maximum Gasteiger partial charge on any atom is 0.270 e. The second-order valence-electron chi connectivity index (χ2n) is 6.82. The quantitative estimate of drug-likeness (QED) is 0.554. The number of likely N-dealkylation sites (N-methyl/N-ethyl adjacent to an activating group) is 1. The minimum Gasteiger partial charge on any atom is -0.497 e. The van der Waals surface area contributed by atoms with Gasteiger partial charge >= 0.3 is 0 Å². The van der Waals surface area contributed by atoms with Gasteiger partial charge in [-0.05, 0) is 37.9 Å². The van der Waals surface area contributed by atoms with Crippen molar-refractivity contribution >= 4 is 17.3 Å². The summed E-state index contributed by atoms with van der Waals surface area (Å²) in [5.74, 6) is 0.408. The van der Waals surface area contributed by atoms with Gasteiger partial charge in [0.2, 0.25) is 0 Å². The highest BCUT2D eigenvalue weighted by molar-refractivity contribution is 6.00. The molecule has 0 fully saturated rings. The number of ether oxygens (including phenoxy) is 1. The molecule has 2 aromatic carbocycles. The molecule has 0 aliphatic carbocycles. The van der Waals surface area contributed by atoms with Crippen LogP contribution in [0, 0.1) is 10.1 Å². The Bertz CT molecular complexity index is 835. The van der Waals surface area contributed by atoms with Gasteiger partial charge in [-0.15, -0.1) is 0 Å². The standard InChI is InChI=1S/C20H26N4O4/c1-22(2)18-11-8-15(24(26)27)12-17(18)20(25)21-13-19(23(3)4)14-6-9-16(28-5)10-7-14/h6-12,19H,13H2,1-5H3,(H,21,25). The number of nitrogens with zero attached hydrogens (tertiary/aromatic N) is 3. The third-order valence-electron chi connectivity index (χ3n) is 4.50. The predicted octanol–water partition coefficient (Wildman–Crippen LogP) is 2.70. The molecule has 1 unspecified atom stereocenters. The summed E-state index contributed by atoms with van der Waals surface area (Å²) in [7, 11) is 9.05. The van der Waals surface area contributed by atoms with Gasteiger partial charge in [-0.25, -0.2) is 0 Å². The molecule has 150 valence electrons. The summed E-state index contributed by atoms with van der Waals surface area (Å²) in [5, 5.41) is 14.0. The van der Waals surface area contributed by atoms with E-state index in [-0.39, 0.29) is 23.2 Å². The normalized spacial score (nSPS) is 11.8. The molecule has 8 heteroatoms. The zero-order valence-electron chi connectivity index (χ0n) is 16.8. The van der Waals surface area contributed by atoms with E-state index in [1.807, 2.05) is 43.3 Å². The van der Waals surface area contributed by atoms with E-state index in [0.29, 0.717) is 12.2 Å². The van der Waals surface area contributed by atoms with Crippen molar-refractivity contribution in [3.05, 3.63) is 63.7 Å². The number of nitro groups is 1. The van der Waals surface area contributed by atoms with Gasteiger partial charge in [-0.3, -0.25) is 14.9 Å². The molecule has 8 nitrogen and oxygen atoms in total. The van der Waals surface area contributed by atoms with E-state index in [0.717, 1.165) is 11.3 Å². The SMILES string of the molecule is COc1ccc(C(CNC(=O)c2cc([N+](=O)[O-])ccc2N(C)C)N(C)C)cc1. The molecular formula is C20H26N4O4. The minimum absolute atomic E-state index is 0.0589. The molecule has 0 radical (unpaired) electrons. The number of hydrogen-bond acceptors (Lipinski definition) is 6. The Kier molecular flexibility index (Phi) is 6.94. The Morgan fingerprint density at radius 1 is 1.14 bits per heavy atom. The second kappa shape index (κ2) is 9.18. The highest BCUT2D eigenvalue weighted by atomic mass is 16.6. The van der Waals surface area contributed by atoms with E-state index >= 15 is 0 Å². The number of methoxy groups -OCH3 is 1. The van der Waals surface area contributed by atoms with Crippen LogP contribution in [0.3, 0.4) is 0 Å². The fraction of sp³-hybridized carbons (Fsp3) is 0.350. The molecule has 0 heterocycles. The third kappa shape index (κ3) is 4.98. The van der Waals surface area contributed by atoms with Crippen LogP contribution in [0.1, 0.15) is 22.0 Å². The van der Waals surface area contributed by atoms with Crippen LogP contribution in [0.25, 0.3) is 0 Å². The van der Waals surface area contributed by atoms with Crippen molar-refractivity contribution < 1.29 is 14.5 Å². The first-order valence-corrected chi connectivity index (χ1v) is 8.79. The van der Waals surface area contributed by atoms with Gasteiger partial charge in [0, 0.05) is 38.5 Å². The van der Waals surface area contributed by atoms with E-state index in [9.17, 15) is 14.9 Å². The Morgan fingerprint density at radius 3 is 2.29 bits per heavy atom. The van der Waals surface area contributed by atoms with Crippen molar-refractivity contribution in [1.29, 1.82) is 0 Å². The molecule has 1 N–H and O–H groups in total. The number of carbonyl (C=O) groups is 1. The summed E-state index contributed by atoms with van der Waals surface area (Å²) in [6.45, 7) is 0.355. The van der Waals surface area contributed by atoms with Crippen LogP contribution in [0.2, 0.25) is 0 Å². The zero-order chi connectivity index (χ0) is 20.8. The first-order valence-electron chi connectivity index (χ1n) is 8.79. The molecule has 0 spiro atoms. The lowest BCUT2D eigenvalue weighted by molar-refractivity contribution is -0.384. The van der Waals surface area contributed by atoms with E-state index in [1.54, 1.807) is 32.2 Å². The van der Waals surface area contributed by atoms with Crippen LogP contribution in [0.4, 0.5) is 11.4 Å². The number of nitrogens with one attached hydrogen (secondary N) is 1. The fourth-order valence-electron chi connectivity index (χ4n) is 2.92. The Labute approximate surface area is 164 Å². The average molecular weight is 386 g/mol. The Morgan fingerprint density at radius 2 is 1.79 bits per heavy atom. The lowest BCUT2D eigenvalue weighted by Gasteiger charge is -2.26. The molecule has 0 aliphatic rings. The molecule has 0 saturated carbocycles. The van der Waals surface area contributed by atoms with Crippen LogP contribution in [-0.4, -0.2) is 57.6 Å². The number of hydrogen-bond donors (Lipinski definition) is 1. The third-order valence-corrected chi connectivity index (χ3v) is 4.50. The van der Waals surface area contributed by atoms with Crippen LogP contribution < -0.4 is 15.0 Å². The van der Waals surface area contributed by atoms with Gasteiger partial charge < -0.3 is 19.9 Å². The first-order chi connectivity index (χ1) is 13.2. The molecule has 1 atom stereocenters. The van der Waals surface area contributed by atoms with Gasteiger partial charge in [0.1, 0.15) is 5.75 Å². The number of rotatable bonds is 8. The van der Waals surface area contributed by atoms with Crippen molar-refractivity contribution in [3.8, 4) is 5.75 Å². The van der Waals surface area contributed by atoms with E-state index in [4.69, 9.17) is 4.74 Å². The highest BCUT2D eigenvalue weighted by Crippen LogP contribution is 2.25. The van der Waals surface area contributed by atoms with Gasteiger partial charge in [0.05, 0.1) is 23.6 Å². The summed E-state index contributed by atoms with van der Waals surface area (Å²) in [4.78, 5) is 27.2. The summed E-state index contributed by atoms with van der Waals surface area (Å²) >= 11 is 0. The molecule has 1 amide bonds. The van der Waals surface area contributed by atoms with Gasteiger partial charge in [0.15, 0.2) is 0 Å². The monoisotopic (exact) mass is 386 g/mol. The van der Waals surface area contributed by atoms with Crippen LogP contribution in [0.15, 0.2) is 42.5 Å². The summed E-state index contributed by atoms with van der Waals surface area (Å²) in [5.41, 5.74) is 1.80. The van der Waals surface area contributed by atoms with Crippen LogP contribution >= 0.6 is 0 Å². The van der Waals surface area contributed by atoms with Gasteiger partial charge in [0.25, 0.3) is 11.6 Å². The number of benzene rings is 2. The number of amides is 1. The van der Waals surface area contributed by atoms with Crippen LogP contribution in [-0.2, 0) is 0 Å². The number of non-ortho nitro benzene ring substituents is 1. The molecule has 0 bridgehead atoms. The topological polar surface area (TPSA) is 87.9 Å². The smallest absolute Gasteiger partial charge is 0.270 e. The lowest BCUT2D eigenvalue weighted by atomic mass is 10.1. The minimum atomic E-state index is -0.504. The van der Waals surface area contributed by atoms with Crippen molar-refractivity contribution in [2.24, 2.45) is 0 Å². The number of anilines is 1. The van der Waals surface area contributed by atoms with E-state index in [1.165, 1.54) is 12.1 Å². The van der Waals surface area contributed by atoms with Gasteiger partial charge in [-0.1, -0.05) is 12.1 Å². The Balaban J connectivity index is 2.22. The van der Waals surface area contributed by atoms with Crippen molar-refractivity contribution in [1.82, 2.24) is 10.2 Å². The zero-order valence-corrected chi connectivity index (χ0v) is 16.8. The largest absolute Gasteiger partial charge is 0.497 e. The van der Waals surface area contributed by atoms with Crippen LogP contribution in [0.5, 0.6) is 5.75 Å². The van der Waals surface area contributed by atoms with Crippen molar-refractivity contribution in [3.63, 3.8) is 0 Å². The molecule has 0 aliphatic heterocycles. The van der Waals surface area contributed by atoms with Crippen molar-refractivity contribution in [2.75, 3.05) is 46.7 Å². The molecule has 0 aromatic heterocycles. The van der Waals surface area contributed by atoms with Gasteiger partial charge in [-0.2, -0.15) is 0 Å². The highest BCUT2D eigenvalue weighted by Gasteiger charge is 2.20. The maximum absolute atomic E-state index is 12.8. The summed E-state index contributed by atoms with van der Waals surface area (Å²) < 4.78 is 5.19. The second-order valence-corrected chi connectivity index (χ2v) is 6.82. The molecular weight excluding hydrogens is 360 g/mol. The summed E-state index contributed by atoms with van der Waals surface area (Å²) in [6.07, 6.45) is 0. The fourth-order valence-corrected chi connectivity index (χ4v) is 2.92. The average Bonchev–Trinajstić information content (AvgIpc) is 2.67. The molecule has 2 aromatic rings. The van der Waals surface area contributed by atoms with E-state index < -0.39 is 4.92 Å². The predicted molar refractivity (Wildman–Crippen MR) is 109 cm³/mol. The Hall–Kier alpha value is -3.13. The number of nitro benzene ring substituents is 1. The number of carbonyl (C=O) groups excluding carboxylic acids is 1. The summed E-state index contributed by atoms with van der Waals surface area (Å²) in [6, 6.07) is 11.9. The van der Waals surface area contributed by atoms with Crippen molar-refractivity contribution in [2.45, 2.75) is 6.04 Å². The molecule has 28 heavy (non-hydrogen) atoms. The molecule has 0 saturated heterocycles. The molecule has 2 rings (SSSR count). The lowest BCUT2D eigenvalue weighted by Crippen LogP contribution is -2.35.